The standard InChI is InChI=1S/C20H20N6O/c1-21-20-24-23-19-18(22-12-13-25(19)20)26(14-15-6-4-3-5-7-15)16-8-10-17(27-2)11-9-16/h3-13H,14H2,1-2H3,(H,21,24). The van der Waals surface area contributed by atoms with Crippen LogP contribution in [0.25, 0.3) is 5.65 Å². The molecule has 7 heteroatoms. The van der Waals surface area contributed by atoms with Crippen LogP contribution in [0.2, 0.25) is 0 Å². The van der Waals surface area contributed by atoms with Gasteiger partial charge in [-0.1, -0.05) is 30.3 Å². The van der Waals surface area contributed by atoms with Crippen LogP contribution in [0.3, 0.4) is 0 Å². The number of rotatable bonds is 6. The minimum atomic E-state index is 0.654. The fourth-order valence-corrected chi connectivity index (χ4v) is 2.99. The van der Waals surface area contributed by atoms with Gasteiger partial charge in [-0.3, -0.25) is 4.40 Å². The quantitative estimate of drug-likeness (QED) is 0.567. The number of ether oxygens (including phenoxy) is 1. The summed E-state index contributed by atoms with van der Waals surface area (Å²) in [6.07, 6.45) is 3.60. The van der Waals surface area contributed by atoms with Crippen LogP contribution in [0.1, 0.15) is 5.56 Å². The first kappa shape index (κ1) is 16.8. The monoisotopic (exact) mass is 360 g/mol. The summed E-state index contributed by atoms with van der Waals surface area (Å²) in [5, 5.41) is 11.6. The molecule has 2 aromatic carbocycles. The fourth-order valence-electron chi connectivity index (χ4n) is 2.99. The minimum absolute atomic E-state index is 0.654. The molecular formula is C20H20N6O. The lowest BCUT2D eigenvalue weighted by molar-refractivity contribution is 0.415. The van der Waals surface area contributed by atoms with Crippen molar-refractivity contribution in [1.29, 1.82) is 0 Å². The summed E-state index contributed by atoms with van der Waals surface area (Å²) in [5.74, 6) is 2.22. The van der Waals surface area contributed by atoms with Crippen molar-refractivity contribution in [2.75, 3.05) is 24.4 Å². The van der Waals surface area contributed by atoms with Crippen molar-refractivity contribution in [2.24, 2.45) is 0 Å². The van der Waals surface area contributed by atoms with Crippen molar-refractivity contribution in [3.8, 4) is 5.75 Å². The number of anilines is 3. The second-order valence-electron chi connectivity index (χ2n) is 5.99. The highest BCUT2D eigenvalue weighted by atomic mass is 16.5. The molecule has 2 aromatic heterocycles. The molecule has 0 bridgehead atoms. The Morgan fingerprint density at radius 1 is 1.04 bits per heavy atom. The Balaban J connectivity index is 1.83. The fraction of sp³-hybridized carbons (Fsp3) is 0.150. The van der Waals surface area contributed by atoms with E-state index in [9.17, 15) is 0 Å². The molecule has 0 unspecified atom stereocenters. The van der Waals surface area contributed by atoms with Gasteiger partial charge in [0, 0.05) is 31.7 Å². The van der Waals surface area contributed by atoms with Crippen LogP contribution in [0.15, 0.2) is 67.0 Å². The SMILES string of the molecule is CNc1nnc2c(N(Cc3ccccc3)c3ccc(OC)cc3)nccn12. The summed E-state index contributed by atoms with van der Waals surface area (Å²) in [6, 6.07) is 18.2. The Kier molecular flexibility index (Phi) is 4.57. The zero-order chi connectivity index (χ0) is 18.6. The van der Waals surface area contributed by atoms with Gasteiger partial charge >= 0.3 is 0 Å². The minimum Gasteiger partial charge on any atom is -0.497 e. The summed E-state index contributed by atoms with van der Waals surface area (Å²) >= 11 is 0. The Labute approximate surface area is 157 Å². The van der Waals surface area contributed by atoms with E-state index in [2.05, 4.69) is 37.5 Å². The summed E-state index contributed by atoms with van der Waals surface area (Å²) < 4.78 is 7.18. The number of aromatic nitrogens is 4. The second kappa shape index (κ2) is 7.33. The van der Waals surface area contributed by atoms with Crippen LogP contribution in [0.4, 0.5) is 17.5 Å². The zero-order valence-electron chi connectivity index (χ0n) is 15.2. The summed E-state index contributed by atoms with van der Waals surface area (Å²) in [4.78, 5) is 6.74. The number of nitrogens with one attached hydrogen (secondary N) is 1. The molecule has 0 saturated heterocycles. The van der Waals surface area contributed by atoms with Gasteiger partial charge in [0.25, 0.3) is 0 Å². The van der Waals surface area contributed by atoms with E-state index in [1.165, 1.54) is 5.56 Å². The zero-order valence-corrected chi connectivity index (χ0v) is 15.2. The van der Waals surface area contributed by atoms with Crippen LogP contribution < -0.4 is 15.0 Å². The number of hydrogen-bond donors (Lipinski definition) is 1. The molecule has 136 valence electrons. The predicted molar refractivity (Wildman–Crippen MR) is 106 cm³/mol. The Morgan fingerprint density at radius 2 is 1.81 bits per heavy atom. The molecule has 27 heavy (non-hydrogen) atoms. The van der Waals surface area contributed by atoms with E-state index in [0.29, 0.717) is 18.1 Å². The molecule has 0 fully saturated rings. The van der Waals surface area contributed by atoms with E-state index < -0.39 is 0 Å². The highest BCUT2D eigenvalue weighted by Crippen LogP contribution is 2.30. The summed E-state index contributed by atoms with van der Waals surface area (Å²) in [5.41, 5.74) is 2.85. The van der Waals surface area contributed by atoms with Crippen LogP contribution in [-0.4, -0.2) is 33.7 Å². The van der Waals surface area contributed by atoms with E-state index in [1.54, 1.807) is 13.3 Å². The van der Waals surface area contributed by atoms with Crippen molar-refractivity contribution in [3.63, 3.8) is 0 Å². The number of fused-ring (bicyclic) bond motifs is 1. The van der Waals surface area contributed by atoms with E-state index in [4.69, 9.17) is 4.74 Å². The van der Waals surface area contributed by atoms with Gasteiger partial charge in [0.15, 0.2) is 5.82 Å². The lowest BCUT2D eigenvalue weighted by Crippen LogP contribution is -2.19. The van der Waals surface area contributed by atoms with Gasteiger partial charge in [-0.15, -0.1) is 10.2 Å². The lowest BCUT2D eigenvalue weighted by atomic mass is 10.2. The third-order valence-electron chi connectivity index (χ3n) is 4.36. The molecule has 0 amide bonds. The maximum absolute atomic E-state index is 5.29. The number of nitrogens with zero attached hydrogens (tertiary/aromatic N) is 5. The molecule has 0 aliphatic heterocycles. The number of methoxy groups -OCH3 is 1. The van der Waals surface area contributed by atoms with Crippen LogP contribution in [0.5, 0.6) is 5.75 Å². The van der Waals surface area contributed by atoms with Crippen molar-refractivity contribution < 1.29 is 4.74 Å². The van der Waals surface area contributed by atoms with Gasteiger partial charge in [-0.2, -0.15) is 0 Å². The van der Waals surface area contributed by atoms with Crippen LogP contribution in [0, 0.1) is 0 Å². The predicted octanol–water partition coefficient (Wildman–Crippen LogP) is 3.51. The third kappa shape index (κ3) is 3.27. The molecule has 2 heterocycles. The van der Waals surface area contributed by atoms with Gasteiger partial charge in [-0.25, -0.2) is 4.98 Å². The normalized spacial score (nSPS) is 10.7. The van der Waals surface area contributed by atoms with Gasteiger partial charge < -0.3 is 15.0 Å². The average molecular weight is 360 g/mol. The maximum atomic E-state index is 5.29. The maximum Gasteiger partial charge on any atom is 0.228 e. The molecule has 7 nitrogen and oxygen atoms in total. The highest BCUT2D eigenvalue weighted by Gasteiger charge is 2.18. The van der Waals surface area contributed by atoms with E-state index in [-0.39, 0.29) is 0 Å². The third-order valence-corrected chi connectivity index (χ3v) is 4.36. The highest BCUT2D eigenvalue weighted by molar-refractivity contribution is 5.73. The summed E-state index contributed by atoms with van der Waals surface area (Å²) in [6.45, 7) is 0.654. The average Bonchev–Trinajstić information content (AvgIpc) is 3.16. The Hall–Kier alpha value is -3.61. The first-order valence-electron chi connectivity index (χ1n) is 8.63. The second-order valence-corrected chi connectivity index (χ2v) is 5.99. The number of benzene rings is 2. The Bertz CT molecular complexity index is 1030. The van der Waals surface area contributed by atoms with Gasteiger partial charge in [0.05, 0.1) is 7.11 Å². The first-order valence-corrected chi connectivity index (χ1v) is 8.63. The van der Waals surface area contributed by atoms with Gasteiger partial charge in [0.2, 0.25) is 11.6 Å². The largest absolute Gasteiger partial charge is 0.497 e. The molecule has 1 N–H and O–H groups in total. The number of hydrogen-bond acceptors (Lipinski definition) is 6. The van der Waals surface area contributed by atoms with Crippen molar-refractivity contribution in [1.82, 2.24) is 19.6 Å². The van der Waals surface area contributed by atoms with Crippen molar-refractivity contribution in [3.05, 3.63) is 72.6 Å². The summed E-state index contributed by atoms with van der Waals surface area (Å²) in [7, 11) is 3.48. The molecule has 0 aliphatic carbocycles. The Morgan fingerprint density at radius 3 is 2.52 bits per heavy atom. The lowest BCUT2D eigenvalue weighted by Gasteiger charge is -2.24. The van der Waals surface area contributed by atoms with Crippen molar-refractivity contribution in [2.45, 2.75) is 6.54 Å². The van der Waals surface area contributed by atoms with E-state index in [1.807, 2.05) is 60.1 Å². The molecule has 0 saturated carbocycles. The van der Waals surface area contributed by atoms with Crippen LogP contribution in [-0.2, 0) is 6.54 Å². The molecule has 0 radical (unpaired) electrons. The van der Waals surface area contributed by atoms with Gasteiger partial charge in [0.1, 0.15) is 5.75 Å². The molecule has 0 aliphatic rings. The van der Waals surface area contributed by atoms with Crippen molar-refractivity contribution >= 4 is 23.1 Å². The smallest absolute Gasteiger partial charge is 0.228 e. The molecule has 4 rings (SSSR count). The molecule has 0 spiro atoms. The van der Waals surface area contributed by atoms with E-state index in [0.717, 1.165) is 17.3 Å². The molecule has 4 aromatic rings. The molecular weight excluding hydrogens is 340 g/mol. The molecule has 0 atom stereocenters. The topological polar surface area (TPSA) is 67.6 Å². The van der Waals surface area contributed by atoms with E-state index >= 15 is 0 Å². The first-order chi connectivity index (χ1) is 13.3. The van der Waals surface area contributed by atoms with Gasteiger partial charge in [-0.05, 0) is 29.8 Å². The van der Waals surface area contributed by atoms with Crippen LogP contribution >= 0.6 is 0 Å².